The second kappa shape index (κ2) is 8.24. The number of fused-ring (bicyclic) bond motifs is 2. The van der Waals surface area contributed by atoms with Crippen molar-refractivity contribution in [3.05, 3.63) is 0 Å². The third-order valence-electron chi connectivity index (χ3n) is 9.29. The number of nitrogens with one attached hydrogen (secondary N) is 1. The van der Waals surface area contributed by atoms with Crippen LogP contribution in [0.2, 0.25) is 0 Å². The van der Waals surface area contributed by atoms with E-state index >= 15 is 0 Å². The van der Waals surface area contributed by atoms with E-state index in [-0.39, 0.29) is 42.0 Å². The second-order valence-corrected chi connectivity index (χ2v) is 12.7. The van der Waals surface area contributed by atoms with Gasteiger partial charge in [0.05, 0.1) is 12.1 Å². The zero-order chi connectivity index (χ0) is 22.8. The highest BCUT2D eigenvalue weighted by atomic mass is 32.2. The van der Waals surface area contributed by atoms with Crippen molar-refractivity contribution in [3.63, 3.8) is 0 Å². The summed E-state index contributed by atoms with van der Waals surface area (Å²) in [4.78, 5) is 30.0. The molecule has 8 nitrogen and oxygen atoms in total. The average Bonchev–Trinajstić information content (AvgIpc) is 2.93. The predicted molar refractivity (Wildman–Crippen MR) is 121 cm³/mol. The van der Waals surface area contributed by atoms with Gasteiger partial charge in [-0.2, -0.15) is 17.4 Å². The van der Waals surface area contributed by atoms with E-state index in [2.05, 4.69) is 16.5 Å². The van der Waals surface area contributed by atoms with Gasteiger partial charge in [-0.3, -0.25) is 9.59 Å². The number of rotatable bonds is 2. The van der Waals surface area contributed by atoms with Crippen LogP contribution in [-0.4, -0.2) is 78.1 Å². The molecule has 180 valence electrons. The minimum atomic E-state index is -3.34. The molecule has 0 aromatic carbocycles. The van der Waals surface area contributed by atoms with E-state index in [1.165, 1.54) is 4.31 Å². The number of carbonyl (C=O) groups excluding carboxylic acids is 2. The Hall–Kier alpha value is -1.19. The first-order valence-electron chi connectivity index (χ1n) is 12.5. The van der Waals surface area contributed by atoms with Gasteiger partial charge in [0, 0.05) is 44.6 Å². The average molecular weight is 467 g/mol. The molecule has 2 saturated heterocycles. The summed E-state index contributed by atoms with van der Waals surface area (Å²) in [5.41, 5.74) is 0. The van der Waals surface area contributed by atoms with E-state index in [1.807, 2.05) is 4.90 Å². The molecule has 2 heterocycles. The van der Waals surface area contributed by atoms with Gasteiger partial charge in [-0.25, -0.2) is 0 Å². The van der Waals surface area contributed by atoms with E-state index in [9.17, 15) is 18.0 Å². The fourth-order valence-corrected chi connectivity index (χ4v) is 8.78. The standard InChI is InChI=1S/C23H38N4O4S/c1-14-13-26(23(29)16-5-4-6-16)22-12-18(8-10-20(22)27(14)15(2)28)17-7-9-19-21(11-17)25(3)32(30,31)24-19/h14,16-22,24H,4-13H2,1-3H3/t14-,17?,18?,19?,20?,21?,22?/m0/s1. The number of hydrogen-bond acceptors (Lipinski definition) is 4. The van der Waals surface area contributed by atoms with Gasteiger partial charge in [0.2, 0.25) is 11.8 Å². The molecule has 0 aromatic heterocycles. The summed E-state index contributed by atoms with van der Waals surface area (Å²) in [7, 11) is -1.65. The topological polar surface area (TPSA) is 90.0 Å². The van der Waals surface area contributed by atoms with Crippen molar-refractivity contribution in [2.24, 2.45) is 17.8 Å². The molecule has 7 atom stereocenters. The Morgan fingerprint density at radius 1 is 0.906 bits per heavy atom. The van der Waals surface area contributed by atoms with Crippen LogP contribution >= 0.6 is 0 Å². The largest absolute Gasteiger partial charge is 0.335 e. The number of piperazine rings is 1. The van der Waals surface area contributed by atoms with Crippen LogP contribution in [-0.2, 0) is 19.8 Å². The van der Waals surface area contributed by atoms with Crippen LogP contribution in [0, 0.1) is 17.8 Å². The highest BCUT2D eigenvalue weighted by molar-refractivity contribution is 7.87. The van der Waals surface area contributed by atoms with Crippen molar-refractivity contribution >= 4 is 22.0 Å². The van der Waals surface area contributed by atoms with Gasteiger partial charge in [-0.05, 0) is 70.1 Å². The van der Waals surface area contributed by atoms with Crippen molar-refractivity contribution in [3.8, 4) is 0 Å². The van der Waals surface area contributed by atoms with Crippen LogP contribution in [0.15, 0.2) is 0 Å². The summed E-state index contributed by atoms with van der Waals surface area (Å²) in [6.07, 6.45) is 8.87. The highest BCUT2D eigenvalue weighted by Crippen LogP contribution is 2.45. The van der Waals surface area contributed by atoms with Gasteiger partial charge in [0.25, 0.3) is 10.2 Å². The minimum absolute atomic E-state index is 0.0259. The Bertz CT molecular complexity index is 875. The predicted octanol–water partition coefficient (Wildman–Crippen LogP) is 1.72. The van der Waals surface area contributed by atoms with Gasteiger partial charge in [-0.1, -0.05) is 6.42 Å². The fraction of sp³-hybridized carbons (Fsp3) is 0.913. The molecule has 0 spiro atoms. The molecule has 5 fully saturated rings. The summed E-state index contributed by atoms with van der Waals surface area (Å²) < 4.78 is 28.9. The molecule has 5 aliphatic rings. The lowest BCUT2D eigenvalue weighted by Crippen LogP contribution is -2.68. The molecule has 3 saturated carbocycles. The van der Waals surface area contributed by atoms with Crippen molar-refractivity contribution in [1.29, 1.82) is 0 Å². The zero-order valence-electron chi connectivity index (χ0n) is 19.6. The normalized spacial score (nSPS) is 42.2. The van der Waals surface area contributed by atoms with E-state index in [1.54, 1.807) is 14.0 Å². The Morgan fingerprint density at radius 2 is 1.56 bits per heavy atom. The van der Waals surface area contributed by atoms with E-state index in [0.29, 0.717) is 24.3 Å². The molecular formula is C23H38N4O4S. The number of carbonyl (C=O) groups is 2. The lowest BCUT2D eigenvalue weighted by atomic mass is 9.67. The first-order valence-corrected chi connectivity index (χ1v) is 14.0. The van der Waals surface area contributed by atoms with Gasteiger partial charge >= 0.3 is 0 Å². The third-order valence-corrected chi connectivity index (χ3v) is 10.9. The van der Waals surface area contributed by atoms with Crippen LogP contribution < -0.4 is 4.72 Å². The fourth-order valence-electron chi connectivity index (χ4n) is 7.37. The van der Waals surface area contributed by atoms with Crippen LogP contribution in [0.3, 0.4) is 0 Å². The van der Waals surface area contributed by atoms with Crippen LogP contribution in [0.4, 0.5) is 0 Å². The Morgan fingerprint density at radius 3 is 2.19 bits per heavy atom. The molecule has 0 aromatic rings. The molecule has 2 amide bonds. The Balaban J connectivity index is 1.34. The molecule has 1 N–H and O–H groups in total. The van der Waals surface area contributed by atoms with Crippen molar-refractivity contribution in [1.82, 2.24) is 18.8 Å². The summed E-state index contributed by atoms with van der Waals surface area (Å²) in [5, 5.41) is 0. The second-order valence-electron chi connectivity index (χ2n) is 11.0. The van der Waals surface area contributed by atoms with Crippen molar-refractivity contribution < 1.29 is 18.0 Å². The lowest BCUT2D eigenvalue weighted by Gasteiger charge is -2.56. The maximum absolute atomic E-state index is 13.3. The molecular weight excluding hydrogens is 428 g/mol. The highest BCUT2D eigenvalue weighted by Gasteiger charge is 2.51. The first-order chi connectivity index (χ1) is 15.2. The molecule has 5 rings (SSSR count). The molecule has 9 heteroatoms. The van der Waals surface area contributed by atoms with Gasteiger partial charge in [0.15, 0.2) is 0 Å². The molecule has 3 aliphatic carbocycles. The number of nitrogens with zero attached hydrogens (tertiary/aromatic N) is 3. The molecule has 32 heavy (non-hydrogen) atoms. The lowest BCUT2D eigenvalue weighted by molar-refractivity contribution is -0.159. The number of likely N-dealkylation sites (N-methyl/N-ethyl adjacent to an activating group) is 1. The van der Waals surface area contributed by atoms with E-state index < -0.39 is 10.2 Å². The zero-order valence-corrected chi connectivity index (χ0v) is 20.4. The van der Waals surface area contributed by atoms with Gasteiger partial charge in [-0.15, -0.1) is 0 Å². The van der Waals surface area contributed by atoms with Crippen LogP contribution in [0.1, 0.15) is 71.6 Å². The summed E-state index contributed by atoms with van der Waals surface area (Å²) in [6.45, 7) is 4.38. The smallest absolute Gasteiger partial charge is 0.279 e. The number of hydrogen-bond donors (Lipinski definition) is 1. The molecule has 0 bridgehead atoms. The van der Waals surface area contributed by atoms with Crippen LogP contribution in [0.25, 0.3) is 0 Å². The SMILES string of the molecule is CC(=O)N1C2CCC(C3CCC4NS(=O)(=O)N(C)C4C3)CC2N(C(=O)C2CCC2)C[C@@H]1C. The maximum Gasteiger partial charge on any atom is 0.279 e. The quantitative estimate of drug-likeness (QED) is 0.671. The van der Waals surface area contributed by atoms with Gasteiger partial charge in [0.1, 0.15) is 0 Å². The Labute approximate surface area is 192 Å². The number of amides is 2. The monoisotopic (exact) mass is 466 g/mol. The summed E-state index contributed by atoms with van der Waals surface area (Å²) in [6, 6.07) is 0.336. The molecule has 6 unspecified atom stereocenters. The van der Waals surface area contributed by atoms with Crippen molar-refractivity contribution in [2.45, 2.75) is 102 Å². The van der Waals surface area contributed by atoms with Crippen molar-refractivity contribution in [2.75, 3.05) is 13.6 Å². The maximum atomic E-state index is 13.3. The minimum Gasteiger partial charge on any atom is -0.335 e. The Kier molecular flexibility index (Phi) is 5.82. The van der Waals surface area contributed by atoms with Crippen LogP contribution in [0.5, 0.6) is 0 Å². The summed E-state index contributed by atoms with van der Waals surface area (Å²) in [5.74, 6) is 1.54. The molecule has 0 radical (unpaired) electrons. The van der Waals surface area contributed by atoms with E-state index in [4.69, 9.17) is 0 Å². The first kappa shape index (κ1) is 22.6. The third kappa shape index (κ3) is 3.68. The van der Waals surface area contributed by atoms with Gasteiger partial charge < -0.3 is 9.80 Å². The summed E-state index contributed by atoms with van der Waals surface area (Å²) >= 11 is 0. The molecule has 2 aliphatic heterocycles. The van der Waals surface area contributed by atoms with E-state index in [0.717, 1.165) is 57.8 Å².